The molecule has 1 aromatic carbocycles. The van der Waals surface area contributed by atoms with Crippen LogP contribution < -0.4 is 9.47 Å². The van der Waals surface area contributed by atoms with Crippen molar-refractivity contribution in [1.29, 1.82) is 0 Å². The minimum absolute atomic E-state index is 0.757. The van der Waals surface area contributed by atoms with Gasteiger partial charge in [0.1, 0.15) is 11.5 Å². The lowest BCUT2D eigenvalue weighted by molar-refractivity contribution is 0.271. The SMILES string of the molecule is CCN(Cc1ccncc1)Cc1cn[nH]c1-c1ccc(OC)cc1OC. The normalized spacial score (nSPS) is 10.9. The lowest BCUT2D eigenvalue weighted by Crippen LogP contribution is -2.22. The molecule has 0 fully saturated rings. The van der Waals surface area contributed by atoms with Gasteiger partial charge in [-0.3, -0.25) is 15.0 Å². The van der Waals surface area contributed by atoms with Crippen LogP contribution in [0.5, 0.6) is 11.5 Å². The fraction of sp³-hybridized carbons (Fsp3) is 0.300. The van der Waals surface area contributed by atoms with Crippen molar-refractivity contribution in [2.24, 2.45) is 0 Å². The average molecular weight is 352 g/mol. The Morgan fingerprint density at radius 2 is 1.85 bits per heavy atom. The van der Waals surface area contributed by atoms with Crippen LogP contribution in [-0.4, -0.2) is 40.8 Å². The summed E-state index contributed by atoms with van der Waals surface area (Å²) in [6.45, 7) is 4.75. The Morgan fingerprint density at radius 1 is 1.04 bits per heavy atom. The molecule has 0 aliphatic carbocycles. The highest BCUT2D eigenvalue weighted by atomic mass is 16.5. The fourth-order valence-corrected chi connectivity index (χ4v) is 2.94. The van der Waals surface area contributed by atoms with Crippen LogP contribution in [0.3, 0.4) is 0 Å². The molecule has 0 unspecified atom stereocenters. The van der Waals surface area contributed by atoms with Gasteiger partial charge >= 0.3 is 0 Å². The number of ether oxygens (including phenoxy) is 2. The molecule has 2 heterocycles. The number of aromatic nitrogens is 3. The number of pyridine rings is 1. The molecule has 0 spiro atoms. The summed E-state index contributed by atoms with van der Waals surface area (Å²) < 4.78 is 10.8. The van der Waals surface area contributed by atoms with E-state index in [-0.39, 0.29) is 0 Å². The molecular weight excluding hydrogens is 328 g/mol. The van der Waals surface area contributed by atoms with Crippen LogP contribution in [0.4, 0.5) is 0 Å². The van der Waals surface area contributed by atoms with Crippen LogP contribution in [0.25, 0.3) is 11.3 Å². The summed E-state index contributed by atoms with van der Waals surface area (Å²) >= 11 is 0. The van der Waals surface area contributed by atoms with Crippen LogP contribution in [0.15, 0.2) is 48.9 Å². The van der Waals surface area contributed by atoms with Gasteiger partial charge in [-0.2, -0.15) is 5.10 Å². The van der Waals surface area contributed by atoms with E-state index >= 15 is 0 Å². The third-order valence-electron chi connectivity index (χ3n) is 4.39. The molecule has 0 atom stereocenters. The first-order chi connectivity index (χ1) is 12.7. The van der Waals surface area contributed by atoms with Crippen LogP contribution in [0.2, 0.25) is 0 Å². The molecule has 0 aliphatic heterocycles. The highest BCUT2D eigenvalue weighted by molar-refractivity contribution is 5.71. The summed E-state index contributed by atoms with van der Waals surface area (Å²) in [5.41, 5.74) is 4.32. The molecule has 0 radical (unpaired) electrons. The average Bonchev–Trinajstić information content (AvgIpc) is 3.15. The Morgan fingerprint density at radius 3 is 2.54 bits per heavy atom. The molecule has 0 aliphatic rings. The second kappa shape index (κ2) is 8.49. The summed E-state index contributed by atoms with van der Waals surface area (Å²) in [4.78, 5) is 6.44. The molecule has 0 saturated carbocycles. The number of methoxy groups -OCH3 is 2. The zero-order chi connectivity index (χ0) is 18.4. The van der Waals surface area contributed by atoms with Crippen LogP contribution >= 0.6 is 0 Å². The van der Waals surface area contributed by atoms with Gasteiger partial charge in [0.2, 0.25) is 0 Å². The first-order valence-electron chi connectivity index (χ1n) is 8.61. The van der Waals surface area contributed by atoms with Gasteiger partial charge in [-0.05, 0) is 36.4 Å². The predicted molar refractivity (Wildman–Crippen MR) is 101 cm³/mol. The molecule has 2 aromatic heterocycles. The molecule has 3 rings (SSSR count). The molecule has 26 heavy (non-hydrogen) atoms. The minimum atomic E-state index is 0.757. The van der Waals surface area contributed by atoms with Gasteiger partial charge in [-0.15, -0.1) is 0 Å². The van der Waals surface area contributed by atoms with Crippen LogP contribution in [0.1, 0.15) is 18.1 Å². The molecule has 3 aromatic rings. The quantitative estimate of drug-likeness (QED) is 0.672. The van der Waals surface area contributed by atoms with E-state index in [4.69, 9.17) is 9.47 Å². The smallest absolute Gasteiger partial charge is 0.131 e. The number of nitrogens with one attached hydrogen (secondary N) is 1. The van der Waals surface area contributed by atoms with E-state index in [0.717, 1.165) is 48.0 Å². The predicted octanol–water partition coefficient (Wildman–Crippen LogP) is 3.51. The van der Waals surface area contributed by atoms with Gasteiger partial charge in [0.15, 0.2) is 0 Å². The minimum Gasteiger partial charge on any atom is -0.497 e. The van der Waals surface area contributed by atoms with Gasteiger partial charge in [-0.1, -0.05) is 6.92 Å². The highest BCUT2D eigenvalue weighted by Gasteiger charge is 2.16. The molecule has 0 saturated heterocycles. The van der Waals surface area contributed by atoms with Crippen molar-refractivity contribution in [2.75, 3.05) is 20.8 Å². The van der Waals surface area contributed by atoms with Gasteiger partial charge in [0.05, 0.1) is 26.1 Å². The van der Waals surface area contributed by atoms with Gasteiger partial charge in [0.25, 0.3) is 0 Å². The summed E-state index contributed by atoms with van der Waals surface area (Å²) in [5.74, 6) is 1.52. The Balaban J connectivity index is 1.84. The van der Waals surface area contributed by atoms with Gasteiger partial charge < -0.3 is 9.47 Å². The maximum atomic E-state index is 5.55. The van der Waals surface area contributed by atoms with Crippen molar-refractivity contribution in [2.45, 2.75) is 20.0 Å². The first kappa shape index (κ1) is 17.9. The summed E-state index contributed by atoms with van der Waals surface area (Å²) in [5, 5.41) is 7.38. The Labute approximate surface area is 153 Å². The lowest BCUT2D eigenvalue weighted by Gasteiger charge is -2.20. The van der Waals surface area contributed by atoms with Crippen molar-refractivity contribution in [1.82, 2.24) is 20.1 Å². The van der Waals surface area contributed by atoms with Crippen LogP contribution in [0, 0.1) is 0 Å². The third-order valence-corrected chi connectivity index (χ3v) is 4.39. The number of hydrogen-bond acceptors (Lipinski definition) is 5. The number of nitrogens with zero attached hydrogens (tertiary/aromatic N) is 3. The Kier molecular flexibility index (Phi) is 5.86. The van der Waals surface area contributed by atoms with E-state index in [1.165, 1.54) is 5.56 Å². The van der Waals surface area contributed by atoms with Gasteiger partial charge in [0, 0.05) is 42.7 Å². The Bertz CT molecular complexity index is 833. The second-order valence-corrected chi connectivity index (χ2v) is 6.00. The number of benzene rings is 1. The largest absolute Gasteiger partial charge is 0.497 e. The monoisotopic (exact) mass is 352 g/mol. The zero-order valence-corrected chi connectivity index (χ0v) is 15.4. The lowest BCUT2D eigenvalue weighted by atomic mass is 10.1. The van der Waals surface area contributed by atoms with E-state index < -0.39 is 0 Å². The van der Waals surface area contributed by atoms with Crippen LogP contribution in [-0.2, 0) is 13.1 Å². The number of hydrogen-bond donors (Lipinski definition) is 1. The molecule has 0 amide bonds. The molecule has 136 valence electrons. The maximum Gasteiger partial charge on any atom is 0.131 e. The van der Waals surface area contributed by atoms with E-state index in [0.29, 0.717) is 0 Å². The zero-order valence-electron chi connectivity index (χ0n) is 15.4. The van der Waals surface area contributed by atoms with E-state index in [1.807, 2.05) is 48.9 Å². The molecule has 1 N–H and O–H groups in total. The number of aromatic amines is 1. The van der Waals surface area contributed by atoms with E-state index in [9.17, 15) is 0 Å². The molecular formula is C20H24N4O2. The molecule has 6 nitrogen and oxygen atoms in total. The van der Waals surface area contributed by atoms with Gasteiger partial charge in [-0.25, -0.2) is 0 Å². The number of H-pyrrole nitrogens is 1. The van der Waals surface area contributed by atoms with E-state index in [2.05, 4.69) is 27.0 Å². The molecule has 6 heteroatoms. The number of rotatable bonds is 8. The summed E-state index contributed by atoms with van der Waals surface area (Å²) in [6.07, 6.45) is 5.54. The first-order valence-corrected chi connectivity index (χ1v) is 8.61. The van der Waals surface area contributed by atoms with Crippen molar-refractivity contribution in [3.05, 3.63) is 60.0 Å². The second-order valence-electron chi connectivity index (χ2n) is 6.00. The highest BCUT2D eigenvalue weighted by Crippen LogP contribution is 2.34. The topological polar surface area (TPSA) is 63.3 Å². The summed E-state index contributed by atoms with van der Waals surface area (Å²) in [7, 11) is 3.31. The van der Waals surface area contributed by atoms with Crippen molar-refractivity contribution < 1.29 is 9.47 Å². The van der Waals surface area contributed by atoms with E-state index in [1.54, 1.807) is 14.2 Å². The van der Waals surface area contributed by atoms with Crippen molar-refractivity contribution in [3.63, 3.8) is 0 Å². The van der Waals surface area contributed by atoms with Crippen molar-refractivity contribution in [3.8, 4) is 22.8 Å². The summed E-state index contributed by atoms with van der Waals surface area (Å²) in [6, 6.07) is 9.90. The molecule has 0 bridgehead atoms. The standard InChI is InChI=1S/C20H24N4O2/c1-4-24(13-15-7-9-21-10-8-15)14-16-12-22-23-20(16)18-6-5-17(25-2)11-19(18)26-3/h5-12H,4,13-14H2,1-3H3,(H,22,23). The fourth-order valence-electron chi connectivity index (χ4n) is 2.94. The Hall–Kier alpha value is -2.86. The third kappa shape index (κ3) is 4.03. The maximum absolute atomic E-state index is 5.55. The van der Waals surface area contributed by atoms with Crippen molar-refractivity contribution >= 4 is 0 Å².